The molecular weight excluding hydrogens is 280 g/mol. The number of rotatable bonds is 6. The predicted octanol–water partition coefficient (Wildman–Crippen LogP) is 3.73. The number of carbonyl (C=O) groups is 1. The number of amides is 1. The van der Waals surface area contributed by atoms with Crippen molar-refractivity contribution >= 4 is 17.2 Å². The zero-order valence-electron chi connectivity index (χ0n) is 13.4. The number of hydrogen-bond donors (Lipinski definition) is 2. The van der Waals surface area contributed by atoms with Crippen molar-refractivity contribution in [3.63, 3.8) is 0 Å². The van der Waals surface area contributed by atoms with Crippen LogP contribution in [-0.2, 0) is 4.79 Å². The zero-order chi connectivity index (χ0) is 15.3. The van der Waals surface area contributed by atoms with E-state index >= 15 is 0 Å². The van der Waals surface area contributed by atoms with Gasteiger partial charge < -0.3 is 10.6 Å². The number of nitrogens with one attached hydrogen (secondary N) is 2. The smallest absolute Gasteiger partial charge is 0.226 e. The molecule has 118 valence electrons. The summed E-state index contributed by atoms with van der Waals surface area (Å²) in [6, 6.07) is 4.33. The van der Waals surface area contributed by atoms with E-state index in [2.05, 4.69) is 48.9 Å². The summed E-state index contributed by atoms with van der Waals surface area (Å²) in [6.45, 7) is 8.45. The highest BCUT2D eigenvalue weighted by molar-refractivity contribution is 7.10. The summed E-state index contributed by atoms with van der Waals surface area (Å²) in [4.78, 5) is 14.2. The van der Waals surface area contributed by atoms with Crippen molar-refractivity contribution in [3.05, 3.63) is 22.4 Å². The molecule has 0 spiro atoms. The molecule has 2 heterocycles. The fraction of sp³-hybridized carbons (Fsp3) is 0.706. The Bertz CT molecular complexity index is 430. The molecular formula is C17H28N2OS. The molecule has 4 heteroatoms. The lowest BCUT2D eigenvalue weighted by Gasteiger charge is -2.38. The summed E-state index contributed by atoms with van der Waals surface area (Å²) in [6.07, 6.45) is 3.98. The molecule has 1 unspecified atom stereocenters. The molecule has 0 aromatic carbocycles. The number of thiophene rings is 1. The second kappa shape index (κ2) is 7.41. The number of hydrogen-bond acceptors (Lipinski definition) is 3. The van der Waals surface area contributed by atoms with Crippen LogP contribution in [0.3, 0.4) is 0 Å². The molecule has 1 aliphatic rings. The van der Waals surface area contributed by atoms with Crippen LogP contribution < -0.4 is 10.6 Å². The molecule has 0 aliphatic carbocycles. The molecule has 1 saturated heterocycles. The van der Waals surface area contributed by atoms with Gasteiger partial charge in [0, 0.05) is 4.88 Å². The van der Waals surface area contributed by atoms with Crippen LogP contribution in [0.15, 0.2) is 17.5 Å². The molecule has 1 fully saturated rings. The minimum absolute atomic E-state index is 0.140. The van der Waals surface area contributed by atoms with Gasteiger partial charge in [0.15, 0.2) is 0 Å². The van der Waals surface area contributed by atoms with E-state index in [1.807, 2.05) is 0 Å². The summed E-state index contributed by atoms with van der Waals surface area (Å²) >= 11 is 1.73. The molecule has 0 saturated carbocycles. The van der Waals surface area contributed by atoms with E-state index in [0.717, 1.165) is 38.8 Å². The highest BCUT2D eigenvalue weighted by atomic mass is 32.1. The van der Waals surface area contributed by atoms with Gasteiger partial charge in [0.25, 0.3) is 0 Å². The molecule has 3 nitrogen and oxygen atoms in total. The third-order valence-corrected chi connectivity index (χ3v) is 5.53. The Morgan fingerprint density at radius 1 is 1.43 bits per heavy atom. The molecule has 1 atom stereocenters. The quantitative estimate of drug-likeness (QED) is 0.840. The maximum absolute atomic E-state index is 13.0. The van der Waals surface area contributed by atoms with E-state index in [4.69, 9.17) is 0 Å². The van der Waals surface area contributed by atoms with Gasteiger partial charge in [-0.2, -0.15) is 0 Å². The first kappa shape index (κ1) is 16.5. The van der Waals surface area contributed by atoms with Crippen LogP contribution in [0.5, 0.6) is 0 Å². The van der Waals surface area contributed by atoms with Gasteiger partial charge in [-0.25, -0.2) is 0 Å². The van der Waals surface area contributed by atoms with Crippen LogP contribution >= 0.6 is 11.3 Å². The fourth-order valence-electron chi connectivity index (χ4n) is 3.30. The molecule has 21 heavy (non-hydrogen) atoms. The van der Waals surface area contributed by atoms with Crippen LogP contribution in [0.25, 0.3) is 0 Å². The lowest BCUT2D eigenvalue weighted by atomic mass is 9.74. The van der Waals surface area contributed by atoms with Crippen molar-refractivity contribution in [2.24, 2.45) is 11.3 Å². The van der Waals surface area contributed by atoms with Crippen molar-refractivity contribution in [1.82, 2.24) is 10.6 Å². The molecule has 1 aromatic rings. The first-order chi connectivity index (χ1) is 10.1. The average molecular weight is 308 g/mol. The van der Waals surface area contributed by atoms with Gasteiger partial charge in [0.1, 0.15) is 0 Å². The number of piperidine rings is 1. The fourth-order valence-corrected chi connectivity index (χ4v) is 4.25. The molecule has 0 bridgehead atoms. The summed E-state index contributed by atoms with van der Waals surface area (Å²) in [7, 11) is 0. The standard InChI is InChI=1S/C17H28N2OS/c1-4-7-17(8-10-18-11-9-17)16(20)19-15(13(2)3)14-6-5-12-21-14/h5-6,12-13,15,18H,4,7-11H2,1-3H3,(H,19,20). The zero-order valence-corrected chi connectivity index (χ0v) is 14.3. The van der Waals surface area contributed by atoms with Crippen molar-refractivity contribution in [2.75, 3.05) is 13.1 Å². The van der Waals surface area contributed by atoms with E-state index in [0.29, 0.717) is 5.92 Å². The average Bonchev–Trinajstić information content (AvgIpc) is 2.99. The minimum atomic E-state index is -0.162. The lowest BCUT2D eigenvalue weighted by molar-refractivity contribution is -0.134. The summed E-state index contributed by atoms with van der Waals surface area (Å²) in [5, 5.41) is 8.82. The Morgan fingerprint density at radius 3 is 2.67 bits per heavy atom. The van der Waals surface area contributed by atoms with E-state index in [1.54, 1.807) is 11.3 Å². The minimum Gasteiger partial charge on any atom is -0.348 e. The molecule has 2 rings (SSSR count). The highest BCUT2D eigenvalue weighted by Crippen LogP contribution is 2.36. The van der Waals surface area contributed by atoms with Gasteiger partial charge in [-0.3, -0.25) is 4.79 Å². The Balaban J connectivity index is 2.13. The first-order valence-electron chi connectivity index (χ1n) is 8.14. The molecule has 0 radical (unpaired) electrons. The van der Waals surface area contributed by atoms with Gasteiger partial charge >= 0.3 is 0 Å². The van der Waals surface area contributed by atoms with E-state index in [9.17, 15) is 4.79 Å². The topological polar surface area (TPSA) is 41.1 Å². The van der Waals surface area contributed by atoms with E-state index in [-0.39, 0.29) is 17.4 Å². The molecule has 2 N–H and O–H groups in total. The SMILES string of the molecule is CCCC1(C(=O)NC(c2cccs2)C(C)C)CCNCC1. The van der Waals surface area contributed by atoms with Crippen molar-refractivity contribution in [1.29, 1.82) is 0 Å². The van der Waals surface area contributed by atoms with Crippen molar-refractivity contribution in [2.45, 2.75) is 52.5 Å². The highest BCUT2D eigenvalue weighted by Gasteiger charge is 2.39. The lowest BCUT2D eigenvalue weighted by Crippen LogP contribution is -2.49. The van der Waals surface area contributed by atoms with Crippen LogP contribution in [0.4, 0.5) is 0 Å². The second-order valence-corrected chi connectivity index (χ2v) is 7.47. The summed E-state index contributed by atoms with van der Waals surface area (Å²) in [5.74, 6) is 0.672. The van der Waals surface area contributed by atoms with Gasteiger partial charge in [0.2, 0.25) is 5.91 Å². The predicted molar refractivity (Wildman–Crippen MR) is 89.5 cm³/mol. The van der Waals surface area contributed by atoms with Crippen LogP contribution in [0.2, 0.25) is 0 Å². The molecule has 1 aliphatic heterocycles. The van der Waals surface area contributed by atoms with Gasteiger partial charge in [-0.05, 0) is 49.7 Å². The second-order valence-electron chi connectivity index (χ2n) is 6.49. The van der Waals surface area contributed by atoms with Gasteiger partial charge in [-0.1, -0.05) is 33.3 Å². The van der Waals surface area contributed by atoms with E-state index < -0.39 is 0 Å². The van der Waals surface area contributed by atoms with Crippen molar-refractivity contribution < 1.29 is 4.79 Å². The maximum atomic E-state index is 13.0. The Morgan fingerprint density at radius 2 is 2.14 bits per heavy atom. The largest absolute Gasteiger partial charge is 0.348 e. The van der Waals surface area contributed by atoms with Crippen molar-refractivity contribution in [3.8, 4) is 0 Å². The monoisotopic (exact) mass is 308 g/mol. The summed E-state index contributed by atoms with van der Waals surface area (Å²) < 4.78 is 0. The Hall–Kier alpha value is -0.870. The van der Waals surface area contributed by atoms with Gasteiger partial charge in [-0.15, -0.1) is 11.3 Å². The Kier molecular flexibility index (Phi) is 5.82. The number of carbonyl (C=O) groups excluding carboxylic acids is 1. The molecule has 1 aromatic heterocycles. The van der Waals surface area contributed by atoms with Crippen LogP contribution in [-0.4, -0.2) is 19.0 Å². The van der Waals surface area contributed by atoms with Crippen LogP contribution in [0.1, 0.15) is 57.4 Å². The first-order valence-corrected chi connectivity index (χ1v) is 9.02. The third-order valence-electron chi connectivity index (χ3n) is 4.57. The molecule has 1 amide bonds. The maximum Gasteiger partial charge on any atom is 0.226 e. The van der Waals surface area contributed by atoms with Crippen LogP contribution in [0, 0.1) is 11.3 Å². The van der Waals surface area contributed by atoms with E-state index in [1.165, 1.54) is 4.88 Å². The van der Waals surface area contributed by atoms with Gasteiger partial charge in [0.05, 0.1) is 11.5 Å². The third kappa shape index (κ3) is 3.86. The Labute approximate surface area is 132 Å². The summed E-state index contributed by atoms with van der Waals surface area (Å²) in [5.41, 5.74) is -0.162. The normalized spacial score (nSPS) is 19.4.